The van der Waals surface area contributed by atoms with E-state index in [-0.39, 0.29) is 43.8 Å². The first-order valence-corrected chi connectivity index (χ1v) is 21.0. The number of nitriles is 1. The molecule has 4 aromatic carbocycles. The molecule has 344 valence electrons. The lowest BCUT2D eigenvalue weighted by Gasteiger charge is -2.29. The van der Waals surface area contributed by atoms with Crippen LogP contribution in [0, 0.1) is 11.3 Å². The molecule has 0 spiro atoms. The van der Waals surface area contributed by atoms with Gasteiger partial charge in [0.2, 0.25) is 19.5 Å². The molecular formula is C46H46Br2N2O15. The molecule has 0 fully saturated rings. The second-order valence-corrected chi connectivity index (χ2v) is 14.5. The molecule has 65 heavy (non-hydrogen) atoms. The average molecular weight is 1030 g/mol. The summed E-state index contributed by atoms with van der Waals surface area (Å²) in [6.07, 6.45) is 3.89. The van der Waals surface area contributed by atoms with Gasteiger partial charge >= 0.3 is 11.9 Å². The molecule has 0 saturated carbocycles. The van der Waals surface area contributed by atoms with Crippen LogP contribution in [0.25, 0.3) is 0 Å². The quantitative estimate of drug-likeness (QED) is 0.0687. The Bertz CT molecular complexity index is 2430. The predicted octanol–water partition coefficient (Wildman–Crippen LogP) is 8.43. The molecule has 17 nitrogen and oxygen atoms in total. The van der Waals surface area contributed by atoms with Crippen molar-refractivity contribution in [3.8, 4) is 63.6 Å². The van der Waals surface area contributed by atoms with Gasteiger partial charge in [0.25, 0.3) is 0 Å². The Hall–Kier alpha value is -7.04. The van der Waals surface area contributed by atoms with E-state index in [1.807, 2.05) is 6.07 Å². The van der Waals surface area contributed by atoms with Gasteiger partial charge in [-0.25, -0.2) is 4.79 Å². The predicted molar refractivity (Wildman–Crippen MR) is 242 cm³/mol. The van der Waals surface area contributed by atoms with Gasteiger partial charge in [-0.3, -0.25) is 9.59 Å². The summed E-state index contributed by atoms with van der Waals surface area (Å²) in [5.41, 5.74) is 8.32. The number of nitrogens with two attached hydrogens (primary N) is 1. The number of esters is 2. The van der Waals surface area contributed by atoms with Crippen molar-refractivity contribution < 1.29 is 71.6 Å². The van der Waals surface area contributed by atoms with E-state index in [9.17, 15) is 14.4 Å². The number of carbonyl (C=O) groups is 3. The fourth-order valence-electron chi connectivity index (χ4n) is 5.94. The van der Waals surface area contributed by atoms with Crippen molar-refractivity contribution in [3.63, 3.8) is 0 Å². The van der Waals surface area contributed by atoms with E-state index in [1.165, 1.54) is 13.2 Å². The fraction of sp³-hybridized carbons (Fsp3) is 0.261. The van der Waals surface area contributed by atoms with Crippen LogP contribution < -0.4 is 48.4 Å². The summed E-state index contributed by atoms with van der Waals surface area (Å²) in [7, 11) is 3.07. The number of carbonyl (C=O) groups excluding carboxylic acids is 3. The van der Waals surface area contributed by atoms with Gasteiger partial charge in [0.15, 0.2) is 46.0 Å². The van der Waals surface area contributed by atoms with Crippen LogP contribution in [0.2, 0.25) is 0 Å². The Morgan fingerprint density at radius 1 is 0.815 bits per heavy atom. The molecule has 1 atom stereocenters. The summed E-state index contributed by atoms with van der Waals surface area (Å²) in [6, 6.07) is 16.9. The number of aldehydes is 1. The van der Waals surface area contributed by atoms with Gasteiger partial charge in [-0.2, -0.15) is 5.26 Å². The minimum atomic E-state index is -0.606. The zero-order chi connectivity index (χ0) is 47.5. The molecule has 3 heterocycles. The number of halogens is 2. The normalized spacial score (nSPS) is 13.2. The van der Waals surface area contributed by atoms with Crippen LogP contribution in [-0.2, 0) is 19.1 Å². The second kappa shape index (κ2) is 25.3. The van der Waals surface area contributed by atoms with Crippen LogP contribution in [0.5, 0.6) is 57.5 Å². The standard InChI is InChI=1S/C23H22BrNO7.C11H11BrO3.C7H6O3.C5H7NO2/c1-4-6-29-21-14(24)7-12(8-18(21)27-3)19-13-9-16-17(31-11-30-16)10-15(13)32-22(25)20(19)23(26)28-5-2;1-3-4-15-11-9(12)5-8(7-13)6-10(11)14-2;8-5-1-2-6-7(3-5)10-4-9-6;1-2-8-5(7)3-4-6/h4,7-10,19H,1,5-6,11,25H2,2-3H3;3,5-7H,1,4H2,2H3;1-3,8H,4H2;2-3H2,1H3. The highest BCUT2D eigenvalue weighted by molar-refractivity contribution is 9.11. The maximum absolute atomic E-state index is 12.9. The van der Waals surface area contributed by atoms with E-state index < -0.39 is 17.9 Å². The molecule has 1 unspecified atom stereocenters. The van der Waals surface area contributed by atoms with Crippen molar-refractivity contribution in [3.05, 3.63) is 117 Å². The van der Waals surface area contributed by atoms with Crippen LogP contribution in [0.4, 0.5) is 0 Å². The number of aromatic hydroxyl groups is 1. The lowest BCUT2D eigenvalue weighted by atomic mass is 9.82. The Labute approximate surface area is 392 Å². The zero-order valence-electron chi connectivity index (χ0n) is 35.8. The number of nitrogens with zero attached hydrogens (tertiary/aromatic N) is 1. The van der Waals surface area contributed by atoms with E-state index in [0.717, 1.165) is 6.29 Å². The Morgan fingerprint density at radius 3 is 1.95 bits per heavy atom. The number of hydrogen-bond donors (Lipinski definition) is 2. The smallest absolute Gasteiger partial charge is 0.340 e. The number of fused-ring (bicyclic) bond motifs is 3. The monoisotopic (exact) mass is 1020 g/mol. The molecule has 3 aliphatic heterocycles. The highest BCUT2D eigenvalue weighted by Gasteiger charge is 2.38. The summed E-state index contributed by atoms with van der Waals surface area (Å²) in [5.74, 6) is 3.49. The van der Waals surface area contributed by atoms with Crippen LogP contribution >= 0.6 is 31.9 Å². The summed E-state index contributed by atoms with van der Waals surface area (Å²) < 4.78 is 59.7. The largest absolute Gasteiger partial charge is 0.508 e. The lowest BCUT2D eigenvalue weighted by Crippen LogP contribution is -2.27. The Balaban J connectivity index is 0.000000229. The van der Waals surface area contributed by atoms with E-state index >= 15 is 0 Å². The maximum atomic E-state index is 12.9. The SMILES string of the molecule is C=CCOc1c(Br)cc(C2C(C(=O)OCC)=C(N)Oc3cc4c(cc32)OCO4)cc1OC.C=CCOc1c(Br)cc(C=O)cc1OC.CCOC(=O)CC#N.Oc1ccc2c(c1)OCO2. The van der Waals surface area contributed by atoms with E-state index in [2.05, 4.69) is 49.8 Å². The first-order valence-electron chi connectivity index (χ1n) is 19.4. The van der Waals surface area contributed by atoms with Crippen molar-refractivity contribution in [2.75, 3.05) is 54.2 Å². The van der Waals surface area contributed by atoms with E-state index in [1.54, 1.807) is 81.6 Å². The van der Waals surface area contributed by atoms with E-state index in [4.69, 9.17) is 63.5 Å². The van der Waals surface area contributed by atoms with Crippen LogP contribution in [-0.4, -0.2) is 77.6 Å². The molecule has 0 amide bonds. The third-order valence-electron chi connectivity index (χ3n) is 8.63. The fourth-order valence-corrected chi connectivity index (χ4v) is 7.09. The number of rotatable bonds is 14. The number of hydrogen-bond acceptors (Lipinski definition) is 17. The van der Waals surface area contributed by atoms with Crippen LogP contribution in [0.1, 0.15) is 47.7 Å². The summed E-state index contributed by atoms with van der Waals surface area (Å²) in [6.45, 7) is 12.2. The van der Waals surface area contributed by atoms with Gasteiger partial charge in [0, 0.05) is 23.3 Å². The topological polar surface area (TPSA) is 223 Å². The summed E-state index contributed by atoms with van der Waals surface area (Å²) in [5, 5.41) is 16.9. The number of methoxy groups -OCH3 is 2. The van der Waals surface area contributed by atoms with Crippen molar-refractivity contribution in [2.24, 2.45) is 5.73 Å². The van der Waals surface area contributed by atoms with Crippen molar-refractivity contribution in [2.45, 2.75) is 26.2 Å². The van der Waals surface area contributed by atoms with Gasteiger partial charge in [0.1, 0.15) is 43.0 Å². The van der Waals surface area contributed by atoms with Gasteiger partial charge < -0.3 is 62.9 Å². The van der Waals surface area contributed by atoms with Crippen LogP contribution in [0.15, 0.2) is 100 Å². The van der Waals surface area contributed by atoms with Crippen LogP contribution in [0.3, 0.4) is 0 Å². The Morgan fingerprint density at radius 2 is 1.38 bits per heavy atom. The first-order chi connectivity index (χ1) is 31.4. The molecule has 4 aromatic rings. The van der Waals surface area contributed by atoms with Crippen molar-refractivity contribution >= 4 is 50.1 Å². The van der Waals surface area contributed by atoms with Gasteiger partial charge in [0.05, 0.1) is 48.4 Å². The first kappa shape index (κ1) is 50.6. The van der Waals surface area contributed by atoms with Gasteiger partial charge in [-0.05, 0) is 93.7 Å². The molecule has 19 heteroatoms. The second-order valence-electron chi connectivity index (χ2n) is 12.8. The molecule has 0 radical (unpaired) electrons. The van der Waals surface area contributed by atoms with Crippen molar-refractivity contribution in [1.82, 2.24) is 0 Å². The minimum Gasteiger partial charge on any atom is -0.508 e. The van der Waals surface area contributed by atoms with Gasteiger partial charge in [-0.1, -0.05) is 25.3 Å². The zero-order valence-corrected chi connectivity index (χ0v) is 39.0. The number of phenolic OH excluding ortho intramolecular Hbond substituents is 1. The molecule has 3 aliphatic rings. The summed E-state index contributed by atoms with van der Waals surface area (Å²) in [4.78, 5) is 33.7. The molecule has 3 N–H and O–H groups in total. The highest BCUT2D eigenvalue weighted by atomic mass is 79.9. The maximum Gasteiger partial charge on any atom is 0.340 e. The number of ether oxygens (including phenoxy) is 11. The lowest BCUT2D eigenvalue weighted by molar-refractivity contribution is -0.142. The molecule has 0 bridgehead atoms. The van der Waals surface area contributed by atoms with Gasteiger partial charge in [-0.15, -0.1) is 0 Å². The molecule has 7 rings (SSSR count). The Kier molecular flexibility index (Phi) is 19.7. The minimum absolute atomic E-state index is 0.0399. The molecule has 0 aliphatic carbocycles. The third kappa shape index (κ3) is 13.5. The highest BCUT2D eigenvalue weighted by Crippen LogP contribution is 2.50. The molecular weight excluding hydrogens is 980 g/mol. The molecule has 0 saturated heterocycles. The average Bonchev–Trinajstić information content (AvgIpc) is 3.96. The summed E-state index contributed by atoms with van der Waals surface area (Å²) >= 11 is 6.86. The molecule has 0 aromatic heterocycles. The van der Waals surface area contributed by atoms with E-state index in [0.29, 0.717) is 97.2 Å². The number of benzene rings is 4. The third-order valence-corrected chi connectivity index (χ3v) is 9.81. The number of phenols is 1. The van der Waals surface area contributed by atoms with Crippen molar-refractivity contribution in [1.29, 1.82) is 5.26 Å².